The number of hydrogen-bond acceptors (Lipinski definition) is 5. The molecule has 0 amide bonds. The number of hydrogen-bond donors (Lipinski definition) is 1. The smallest absolute Gasteiger partial charge is 0.293 e. The summed E-state index contributed by atoms with van der Waals surface area (Å²) in [6.07, 6.45) is 0. The Hall–Kier alpha value is -2.89. The van der Waals surface area contributed by atoms with E-state index in [0.29, 0.717) is 5.69 Å². The molecule has 2 rings (SSSR count). The van der Waals surface area contributed by atoms with Crippen LogP contribution in [0, 0.1) is 10.1 Å². The van der Waals surface area contributed by atoms with E-state index in [4.69, 9.17) is 0 Å². The number of para-hydroxylation sites is 1. The molecule has 0 saturated carbocycles. The molecule has 0 aliphatic rings. The van der Waals surface area contributed by atoms with Crippen molar-refractivity contribution in [3.63, 3.8) is 0 Å². The molecule has 0 spiro atoms. The Morgan fingerprint density at radius 3 is 2.37 bits per heavy atom. The zero-order valence-electron chi connectivity index (χ0n) is 9.70. The number of anilines is 2. The summed E-state index contributed by atoms with van der Waals surface area (Å²) in [5.74, 6) is -1.45. The van der Waals surface area contributed by atoms with Crippen molar-refractivity contribution in [2.45, 2.75) is 0 Å². The first kappa shape index (κ1) is 12.6. The number of carboxylic acids is 1. The van der Waals surface area contributed by atoms with Crippen LogP contribution in [-0.2, 0) is 0 Å². The molecule has 2 aromatic carbocycles. The summed E-state index contributed by atoms with van der Waals surface area (Å²) < 4.78 is 0. The van der Waals surface area contributed by atoms with Crippen LogP contribution in [0.2, 0.25) is 0 Å². The number of nitrogens with one attached hydrogen (secondary N) is 1. The number of rotatable bonds is 4. The molecule has 0 bridgehead atoms. The van der Waals surface area contributed by atoms with Crippen molar-refractivity contribution in [1.82, 2.24) is 0 Å². The van der Waals surface area contributed by atoms with Crippen LogP contribution in [0.5, 0.6) is 0 Å². The van der Waals surface area contributed by atoms with Gasteiger partial charge in [-0.05, 0) is 18.2 Å². The summed E-state index contributed by atoms with van der Waals surface area (Å²) in [6, 6.07) is 12.4. The minimum Gasteiger partial charge on any atom is -0.545 e. The third-order valence-corrected chi connectivity index (χ3v) is 2.48. The lowest BCUT2D eigenvalue weighted by atomic mass is 10.1. The molecule has 0 atom stereocenters. The van der Waals surface area contributed by atoms with Gasteiger partial charge in [-0.3, -0.25) is 10.1 Å². The number of nitro benzene ring substituents is 1. The van der Waals surface area contributed by atoms with Crippen LogP contribution in [-0.4, -0.2) is 10.9 Å². The molecule has 6 heteroatoms. The maximum Gasteiger partial charge on any atom is 0.293 e. The second-order valence-corrected chi connectivity index (χ2v) is 3.77. The summed E-state index contributed by atoms with van der Waals surface area (Å²) in [5, 5.41) is 24.5. The Balaban J connectivity index is 2.40. The van der Waals surface area contributed by atoms with Gasteiger partial charge in [-0.2, -0.15) is 0 Å². The standard InChI is InChI=1S/C13H10N2O4/c16-13(17)9-6-7-11(12(8-9)15(18)19)14-10-4-2-1-3-5-10/h1-8,14H,(H,16,17)/p-1. The molecule has 1 N–H and O–H groups in total. The van der Waals surface area contributed by atoms with Crippen molar-refractivity contribution in [2.75, 3.05) is 5.32 Å². The van der Waals surface area contributed by atoms with Crippen LogP contribution < -0.4 is 10.4 Å². The third-order valence-electron chi connectivity index (χ3n) is 2.48. The van der Waals surface area contributed by atoms with Gasteiger partial charge in [-0.15, -0.1) is 0 Å². The summed E-state index contributed by atoms with van der Waals surface area (Å²) in [4.78, 5) is 21.0. The molecule has 0 fully saturated rings. The number of benzene rings is 2. The first-order chi connectivity index (χ1) is 9.08. The monoisotopic (exact) mass is 257 g/mol. The Bertz CT molecular complexity index is 626. The minimum atomic E-state index is -1.45. The molecule has 19 heavy (non-hydrogen) atoms. The van der Waals surface area contributed by atoms with E-state index in [0.717, 1.165) is 6.07 Å². The van der Waals surface area contributed by atoms with Crippen LogP contribution in [0.15, 0.2) is 48.5 Å². The van der Waals surface area contributed by atoms with E-state index in [2.05, 4.69) is 5.32 Å². The largest absolute Gasteiger partial charge is 0.545 e. The molecule has 0 aromatic heterocycles. The van der Waals surface area contributed by atoms with Gasteiger partial charge in [-0.1, -0.05) is 24.3 Å². The number of carbonyl (C=O) groups excluding carboxylic acids is 1. The fourth-order valence-electron chi connectivity index (χ4n) is 1.59. The molecule has 0 aliphatic heterocycles. The fourth-order valence-corrected chi connectivity index (χ4v) is 1.59. The molecule has 0 unspecified atom stereocenters. The first-order valence-electron chi connectivity index (χ1n) is 5.40. The average molecular weight is 257 g/mol. The van der Waals surface area contributed by atoms with E-state index < -0.39 is 10.9 Å². The molecular weight excluding hydrogens is 248 g/mol. The molecule has 0 saturated heterocycles. The van der Waals surface area contributed by atoms with Gasteiger partial charge < -0.3 is 15.2 Å². The van der Waals surface area contributed by atoms with Crippen LogP contribution in [0.25, 0.3) is 0 Å². The highest BCUT2D eigenvalue weighted by atomic mass is 16.6. The van der Waals surface area contributed by atoms with Crippen molar-refractivity contribution >= 4 is 23.0 Å². The third kappa shape index (κ3) is 2.86. The van der Waals surface area contributed by atoms with Gasteiger partial charge in [0.05, 0.1) is 10.9 Å². The highest BCUT2D eigenvalue weighted by molar-refractivity contribution is 5.88. The lowest BCUT2D eigenvalue weighted by Crippen LogP contribution is -2.22. The minimum absolute atomic E-state index is 0.223. The molecular formula is C13H9N2O4-. The molecule has 6 nitrogen and oxygen atoms in total. The Morgan fingerprint density at radius 1 is 1.11 bits per heavy atom. The van der Waals surface area contributed by atoms with Gasteiger partial charge in [0.25, 0.3) is 5.69 Å². The maximum atomic E-state index is 10.9. The van der Waals surface area contributed by atoms with Crippen molar-refractivity contribution in [3.8, 4) is 0 Å². The van der Waals surface area contributed by atoms with Crippen LogP contribution in [0.4, 0.5) is 17.1 Å². The molecule has 0 radical (unpaired) electrons. The van der Waals surface area contributed by atoms with Crippen molar-refractivity contribution in [1.29, 1.82) is 0 Å². The first-order valence-corrected chi connectivity index (χ1v) is 5.40. The van der Waals surface area contributed by atoms with Gasteiger partial charge in [0.1, 0.15) is 5.69 Å². The van der Waals surface area contributed by atoms with Gasteiger partial charge in [0.15, 0.2) is 0 Å². The van der Waals surface area contributed by atoms with E-state index >= 15 is 0 Å². The highest BCUT2D eigenvalue weighted by Crippen LogP contribution is 2.28. The summed E-state index contributed by atoms with van der Waals surface area (Å²) >= 11 is 0. The molecule has 0 heterocycles. The SMILES string of the molecule is O=C([O-])c1ccc(Nc2ccccc2)c([N+](=O)[O-])c1. The predicted octanol–water partition coefficient (Wildman–Crippen LogP) is 1.70. The van der Waals surface area contributed by atoms with Crippen molar-refractivity contribution < 1.29 is 14.8 Å². The topological polar surface area (TPSA) is 95.3 Å². The number of nitro groups is 1. The quantitative estimate of drug-likeness (QED) is 0.664. The van der Waals surface area contributed by atoms with Crippen LogP contribution in [0.3, 0.4) is 0 Å². The summed E-state index contributed by atoms with van der Waals surface area (Å²) in [5.41, 5.74) is 0.351. The Kier molecular flexibility index (Phi) is 3.42. The van der Waals surface area contributed by atoms with Crippen molar-refractivity contribution in [3.05, 3.63) is 64.2 Å². The molecule has 2 aromatic rings. The van der Waals surface area contributed by atoms with E-state index in [9.17, 15) is 20.0 Å². The summed E-state index contributed by atoms with van der Waals surface area (Å²) in [7, 11) is 0. The lowest BCUT2D eigenvalue weighted by molar-refractivity contribution is -0.384. The van der Waals surface area contributed by atoms with E-state index in [1.54, 1.807) is 24.3 Å². The maximum absolute atomic E-state index is 10.9. The van der Waals surface area contributed by atoms with E-state index in [-0.39, 0.29) is 16.9 Å². The Morgan fingerprint density at radius 2 is 1.79 bits per heavy atom. The fraction of sp³-hybridized carbons (Fsp3) is 0. The number of aromatic carboxylic acids is 1. The lowest BCUT2D eigenvalue weighted by Gasteiger charge is -2.09. The number of carboxylic acid groups (broad SMARTS) is 1. The molecule has 96 valence electrons. The molecule has 0 aliphatic carbocycles. The zero-order chi connectivity index (χ0) is 13.8. The number of carbonyl (C=O) groups is 1. The van der Waals surface area contributed by atoms with Crippen LogP contribution in [0.1, 0.15) is 10.4 Å². The van der Waals surface area contributed by atoms with Crippen LogP contribution >= 0.6 is 0 Å². The zero-order valence-corrected chi connectivity index (χ0v) is 9.70. The normalized spacial score (nSPS) is 9.89. The van der Waals surface area contributed by atoms with E-state index in [1.807, 2.05) is 6.07 Å². The number of nitrogens with zero attached hydrogens (tertiary/aromatic N) is 1. The average Bonchev–Trinajstić information content (AvgIpc) is 2.39. The van der Waals surface area contributed by atoms with E-state index in [1.165, 1.54) is 12.1 Å². The van der Waals surface area contributed by atoms with Gasteiger partial charge in [0.2, 0.25) is 0 Å². The second kappa shape index (κ2) is 5.18. The van der Waals surface area contributed by atoms with Crippen molar-refractivity contribution in [2.24, 2.45) is 0 Å². The second-order valence-electron chi connectivity index (χ2n) is 3.77. The Labute approximate surface area is 108 Å². The predicted molar refractivity (Wildman–Crippen MR) is 67.2 cm³/mol. The van der Waals surface area contributed by atoms with Gasteiger partial charge >= 0.3 is 0 Å². The highest BCUT2D eigenvalue weighted by Gasteiger charge is 2.15. The summed E-state index contributed by atoms with van der Waals surface area (Å²) in [6.45, 7) is 0. The van der Waals surface area contributed by atoms with Gasteiger partial charge in [-0.25, -0.2) is 0 Å². The van der Waals surface area contributed by atoms with Gasteiger partial charge in [0, 0.05) is 17.3 Å².